The van der Waals surface area contributed by atoms with Crippen molar-refractivity contribution < 1.29 is 19.1 Å². The van der Waals surface area contributed by atoms with Crippen molar-refractivity contribution in [2.45, 2.75) is 26.3 Å². The molecular weight excluding hydrogens is 350 g/mol. The lowest BCUT2D eigenvalue weighted by atomic mass is 10.1. The molecule has 0 aliphatic carbocycles. The molecule has 2 aromatic heterocycles. The maximum Gasteiger partial charge on any atom is 0.358 e. The summed E-state index contributed by atoms with van der Waals surface area (Å²) in [6.45, 7) is 4.79. The first-order valence-corrected chi connectivity index (χ1v) is 8.79. The van der Waals surface area contributed by atoms with Crippen LogP contribution >= 0.6 is 22.7 Å². The molecule has 0 saturated heterocycles. The van der Waals surface area contributed by atoms with Crippen molar-refractivity contribution in [1.29, 1.82) is 0 Å². The third-order valence-electron chi connectivity index (χ3n) is 2.52. The average molecular weight is 367 g/mol. The summed E-state index contributed by atoms with van der Waals surface area (Å²) in [7, 11) is 0. The van der Waals surface area contributed by atoms with Crippen molar-refractivity contribution in [1.82, 2.24) is 15.6 Å². The maximum absolute atomic E-state index is 11.9. The molecule has 24 heavy (non-hydrogen) atoms. The predicted octanol–water partition coefficient (Wildman–Crippen LogP) is 2.65. The first kappa shape index (κ1) is 18.1. The van der Waals surface area contributed by atoms with Crippen LogP contribution in [0.25, 0.3) is 9.88 Å². The molecule has 128 valence electrons. The molecule has 0 spiro atoms. The van der Waals surface area contributed by atoms with Gasteiger partial charge in [0.15, 0.2) is 12.3 Å². The fourth-order valence-corrected chi connectivity index (χ4v) is 3.22. The number of amides is 3. The molecular formula is C15H17N3O4S2. The van der Waals surface area contributed by atoms with Crippen molar-refractivity contribution in [3.8, 4) is 9.88 Å². The quantitative estimate of drug-likeness (QED) is 0.810. The van der Waals surface area contributed by atoms with Gasteiger partial charge in [0.25, 0.3) is 5.91 Å². The second-order valence-electron chi connectivity index (χ2n) is 5.84. The fraction of sp³-hybridized carbons (Fsp3) is 0.333. The van der Waals surface area contributed by atoms with Crippen LogP contribution in [0.1, 0.15) is 31.3 Å². The second kappa shape index (κ2) is 7.54. The average Bonchev–Trinajstić information content (AvgIpc) is 3.12. The normalized spacial score (nSPS) is 11.0. The number of rotatable bonds is 4. The number of nitrogens with zero attached hydrogens (tertiary/aromatic N) is 1. The highest BCUT2D eigenvalue weighted by molar-refractivity contribution is 7.20. The Morgan fingerprint density at radius 1 is 1.25 bits per heavy atom. The Balaban J connectivity index is 1.83. The van der Waals surface area contributed by atoms with E-state index >= 15 is 0 Å². The summed E-state index contributed by atoms with van der Waals surface area (Å²) >= 11 is 2.84. The molecule has 0 radical (unpaired) electrons. The van der Waals surface area contributed by atoms with E-state index in [-0.39, 0.29) is 5.69 Å². The maximum atomic E-state index is 11.9. The van der Waals surface area contributed by atoms with Gasteiger partial charge >= 0.3 is 12.0 Å². The molecule has 0 aliphatic rings. The van der Waals surface area contributed by atoms with Gasteiger partial charge in [-0.1, -0.05) is 6.07 Å². The highest BCUT2D eigenvalue weighted by Gasteiger charge is 2.18. The minimum Gasteiger partial charge on any atom is -0.451 e. The monoisotopic (exact) mass is 367 g/mol. The van der Waals surface area contributed by atoms with E-state index in [1.165, 1.54) is 22.7 Å². The van der Waals surface area contributed by atoms with E-state index in [0.717, 1.165) is 4.88 Å². The van der Waals surface area contributed by atoms with E-state index in [0.29, 0.717) is 5.01 Å². The number of carbonyl (C=O) groups is 3. The molecule has 2 N–H and O–H groups in total. The lowest BCUT2D eigenvalue weighted by molar-refractivity contribution is -0.123. The van der Waals surface area contributed by atoms with Crippen LogP contribution in [0.15, 0.2) is 22.9 Å². The molecule has 0 aromatic carbocycles. The summed E-state index contributed by atoms with van der Waals surface area (Å²) < 4.78 is 4.87. The number of nitrogens with one attached hydrogen (secondary N) is 2. The van der Waals surface area contributed by atoms with Gasteiger partial charge in [0, 0.05) is 10.9 Å². The topological polar surface area (TPSA) is 97.4 Å². The summed E-state index contributed by atoms with van der Waals surface area (Å²) in [5.74, 6) is -1.42. The minimum atomic E-state index is -0.709. The van der Waals surface area contributed by atoms with Crippen LogP contribution in [-0.4, -0.2) is 35.0 Å². The van der Waals surface area contributed by atoms with E-state index in [9.17, 15) is 14.4 Å². The Morgan fingerprint density at radius 3 is 2.62 bits per heavy atom. The molecule has 2 heterocycles. The Kier molecular flexibility index (Phi) is 5.68. The molecule has 2 aromatic rings. The molecule has 7 nitrogen and oxygen atoms in total. The molecule has 2 rings (SSSR count). The van der Waals surface area contributed by atoms with Crippen molar-refractivity contribution in [2.75, 3.05) is 6.61 Å². The van der Waals surface area contributed by atoms with Gasteiger partial charge in [-0.25, -0.2) is 14.6 Å². The summed E-state index contributed by atoms with van der Waals surface area (Å²) in [5, 5.41) is 8.86. The van der Waals surface area contributed by atoms with Crippen LogP contribution in [0.5, 0.6) is 0 Å². The zero-order valence-electron chi connectivity index (χ0n) is 13.4. The van der Waals surface area contributed by atoms with E-state index in [2.05, 4.69) is 15.6 Å². The van der Waals surface area contributed by atoms with Crippen LogP contribution in [-0.2, 0) is 9.53 Å². The third kappa shape index (κ3) is 5.43. The number of urea groups is 1. The van der Waals surface area contributed by atoms with E-state index in [1.54, 1.807) is 26.2 Å². The zero-order chi connectivity index (χ0) is 17.7. The van der Waals surface area contributed by atoms with Gasteiger partial charge < -0.3 is 10.1 Å². The van der Waals surface area contributed by atoms with E-state index in [1.807, 2.05) is 17.5 Å². The van der Waals surface area contributed by atoms with Gasteiger partial charge in [-0.15, -0.1) is 22.7 Å². The molecule has 0 unspecified atom stereocenters. The smallest absolute Gasteiger partial charge is 0.358 e. The molecule has 0 aliphatic heterocycles. The highest BCUT2D eigenvalue weighted by atomic mass is 32.1. The SMILES string of the molecule is CC(C)(C)NC(=O)NC(=O)COC(=O)c1csc(-c2cccs2)n1. The Morgan fingerprint density at radius 2 is 2.00 bits per heavy atom. The van der Waals surface area contributed by atoms with E-state index in [4.69, 9.17) is 4.74 Å². The van der Waals surface area contributed by atoms with Crippen LogP contribution < -0.4 is 10.6 Å². The predicted molar refractivity (Wildman–Crippen MR) is 92.1 cm³/mol. The largest absolute Gasteiger partial charge is 0.451 e. The molecule has 0 atom stereocenters. The number of hydrogen-bond donors (Lipinski definition) is 2. The molecule has 3 amide bonds. The lowest BCUT2D eigenvalue weighted by Crippen LogP contribution is -2.49. The fourth-order valence-electron chi connectivity index (χ4n) is 1.62. The summed E-state index contributed by atoms with van der Waals surface area (Å²) in [4.78, 5) is 40.2. The standard InChI is InChI=1S/C15H17N3O4S2/c1-15(2,3)18-14(21)17-11(19)7-22-13(20)9-8-24-12(16-9)10-5-4-6-23-10/h4-6,8H,7H2,1-3H3,(H2,17,18,19,21). The van der Waals surface area contributed by atoms with Gasteiger partial charge in [-0.3, -0.25) is 10.1 Å². The summed E-state index contributed by atoms with van der Waals surface area (Å²) in [6.07, 6.45) is 0. The minimum absolute atomic E-state index is 0.135. The Bertz CT molecular complexity index is 732. The van der Waals surface area contributed by atoms with Crippen LogP contribution in [0.2, 0.25) is 0 Å². The second-order valence-corrected chi connectivity index (χ2v) is 7.65. The van der Waals surface area contributed by atoms with Gasteiger partial charge in [0.1, 0.15) is 5.01 Å². The zero-order valence-corrected chi connectivity index (χ0v) is 15.0. The van der Waals surface area contributed by atoms with Crippen molar-refractivity contribution in [3.63, 3.8) is 0 Å². The number of ether oxygens (including phenoxy) is 1. The van der Waals surface area contributed by atoms with Gasteiger partial charge in [0.2, 0.25) is 0 Å². The number of thiophene rings is 1. The number of hydrogen-bond acceptors (Lipinski definition) is 7. The number of aromatic nitrogens is 1. The van der Waals surface area contributed by atoms with Crippen molar-refractivity contribution >= 4 is 40.6 Å². The number of esters is 1. The molecule has 0 fully saturated rings. The number of carbonyl (C=O) groups excluding carboxylic acids is 3. The number of imide groups is 1. The highest BCUT2D eigenvalue weighted by Crippen LogP contribution is 2.27. The summed E-state index contributed by atoms with van der Waals surface area (Å²) in [6, 6.07) is 3.16. The van der Waals surface area contributed by atoms with Gasteiger partial charge in [-0.2, -0.15) is 0 Å². The van der Waals surface area contributed by atoms with Gasteiger partial charge in [-0.05, 0) is 32.2 Å². The van der Waals surface area contributed by atoms with Gasteiger partial charge in [0.05, 0.1) is 4.88 Å². The Hall–Kier alpha value is -2.26. The Labute approximate surface area is 147 Å². The first-order chi connectivity index (χ1) is 11.2. The van der Waals surface area contributed by atoms with Crippen LogP contribution in [0.4, 0.5) is 4.79 Å². The molecule has 0 bridgehead atoms. The summed E-state index contributed by atoms with van der Waals surface area (Å²) in [5.41, 5.74) is -0.338. The van der Waals surface area contributed by atoms with Crippen LogP contribution in [0, 0.1) is 0 Å². The van der Waals surface area contributed by atoms with Crippen molar-refractivity contribution in [3.05, 3.63) is 28.6 Å². The van der Waals surface area contributed by atoms with E-state index < -0.39 is 30.1 Å². The third-order valence-corrected chi connectivity index (χ3v) is 4.40. The number of thiazole rings is 1. The molecule has 0 saturated carbocycles. The van der Waals surface area contributed by atoms with Crippen molar-refractivity contribution in [2.24, 2.45) is 0 Å². The first-order valence-electron chi connectivity index (χ1n) is 7.03. The lowest BCUT2D eigenvalue weighted by Gasteiger charge is -2.20. The molecule has 9 heteroatoms. The van der Waals surface area contributed by atoms with Crippen LogP contribution in [0.3, 0.4) is 0 Å².